The van der Waals surface area contributed by atoms with Gasteiger partial charge in [-0.2, -0.15) is 0 Å². The second-order valence-electron chi connectivity index (χ2n) is 4.61. The number of nitrogens with two attached hydrogens (primary N) is 1. The van der Waals surface area contributed by atoms with Crippen molar-refractivity contribution in [3.05, 3.63) is 59.4 Å². The molecule has 0 bridgehead atoms. The lowest BCUT2D eigenvalue weighted by Crippen LogP contribution is -2.28. The van der Waals surface area contributed by atoms with Crippen LogP contribution in [0.1, 0.15) is 15.9 Å². The van der Waals surface area contributed by atoms with E-state index in [1.165, 1.54) is 6.07 Å². The minimum absolute atomic E-state index is 0.286. The number of ether oxygens (including phenoxy) is 1. The maximum absolute atomic E-state index is 13.4. The number of nitrogen functional groups attached to an aromatic ring is 1. The molecule has 2 rings (SSSR count). The fourth-order valence-electron chi connectivity index (χ4n) is 1.77. The normalized spacial score (nSPS) is 10.2. The molecule has 0 atom stereocenters. The highest BCUT2D eigenvalue weighted by Gasteiger charge is 2.07. The van der Waals surface area contributed by atoms with Crippen molar-refractivity contribution >= 4 is 11.6 Å². The maximum atomic E-state index is 13.4. The molecule has 0 heterocycles. The first-order valence-electron chi connectivity index (χ1n) is 6.59. The van der Waals surface area contributed by atoms with Crippen molar-refractivity contribution in [1.29, 1.82) is 0 Å². The van der Waals surface area contributed by atoms with Gasteiger partial charge in [-0.1, -0.05) is 18.2 Å². The van der Waals surface area contributed by atoms with Crippen LogP contribution in [0.5, 0.6) is 5.75 Å². The number of para-hydroxylation sites is 2. The van der Waals surface area contributed by atoms with E-state index in [4.69, 9.17) is 10.5 Å². The molecule has 0 saturated carbocycles. The first-order valence-corrected chi connectivity index (χ1v) is 6.59. The summed E-state index contributed by atoms with van der Waals surface area (Å²) in [7, 11) is 0. The van der Waals surface area contributed by atoms with Crippen LogP contribution in [0.25, 0.3) is 0 Å². The Bertz CT molecular complexity index is 644. The number of halogens is 1. The molecule has 110 valence electrons. The molecule has 21 heavy (non-hydrogen) atoms. The van der Waals surface area contributed by atoms with Gasteiger partial charge in [-0.25, -0.2) is 4.39 Å². The molecule has 0 saturated heterocycles. The number of carbonyl (C=O) groups is 1. The summed E-state index contributed by atoms with van der Waals surface area (Å²) in [6.45, 7) is 2.24. The van der Waals surface area contributed by atoms with Gasteiger partial charge in [0.2, 0.25) is 0 Å². The van der Waals surface area contributed by atoms with Gasteiger partial charge in [0.15, 0.2) is 0 Å². The smallest absolute Gasteiger partial charge is 0.251 e. The summed E-state index contributed by atoms with van der Waals surface area (Å²) in [5.74, 6) is -0.150. The molecule has 4 nitrogen and oxygen atoms in total. The van der Waals surface area contributed by atoms with Crippen LogP contribution < -0.4 is 15.8 Å². The van der Waals surface area contributed by atoms with Crippen LogP contribution in [0.2, 0.25) is 0 Å². The lowest BCUT2D eigenvalue weighted by molar-refractivity contribution is 0.0946. The average Bonchev–Trinajstić information content (AvgIpc) is 2.48. The van der Waals surface area contributed by atoms with Crippen LogP contribution in [0.15, 0.2) is 42.5 Å². The quantitative estimate of drug-likeness (QED) is 0.656. The molecular formula is C16H17FN2O2. The van der Waals surface area contributed by atoms with E-state index in [9.17, 15) is 9.18 Å². The second-order valence-corrected chi connectivity index (χ2v) is 4.61. The van der Waals surface area contributed by atoms with Crippen LogP contribution in [0.4, 0.5) is 10.1 Å². The van der Waals surface area contributed by atoms with Gasteiger partial charge in [-0.05, 0) is 36.8 Å². The Labute approximate surface area is 122 Å². The predicted octanol–water partition coefficient (Wildman–Crippen LogP) is 2.53. The standard InChI is InChI=1S/C16H17FN2O2/c1-11-6-7-12(10-13(11)17)16(20)19-8-9-21-15-5-3-2-4-14(15)18/h2-7,10H,8-9,18H2,1H3,(H,19,20). The van der Waals surface area contributed by atoms with Crippen LogP contribution >= 0.6 is 0 Å². The molecule has 1 amide bonds. The zero-order valence-electron chi connectivity index (χ0n) is 11.7. The Morgan fingerprint density at radius 2 is 2.05 bits per heavy atom. The molecule has 0 radical (unpaired) electrons. The number of hydrogen-bond donors (Lipinski definition) is 2. The van der Waals surface area contributed by atoms with Gasteiger partial charge in [0.1, 0.15) is 18.2 Å². The summed E-state index contributed by atoms with van der Waals surface area (Å²) in [6.07, 6.45) is 0. The summed E-state index contributed by atoms with van der Waals surface area (Å²) >= 11 is 0. The topological polar surface area (TPSA) is 64.3 Å². The number of rotatable bonds is 5. The summed E-state index contributed by atoms with van der Waals surface area (Å²) in [4.78, 5) is 11.8. The highest BCUT2D eigenvalue weighted by Crippen LogP contribution is 2.19. The van der Waals surface area contributed by atoms with Gasteiger partial charge < -0.3 is 15.8 Å². The average molecular weight is 288 g/mol. The highest BCUT2D eigenvalue weighted by molar-refractivity contribution is 5.94. The summed E-state index contributed by atoms with van der Waals surface area (Å²) < 4.78 is 18.8. The zero-order valence-corrected chi connectivity index (χ0v) is 11.7. The van der Waals surface area contributed by atoms with E-state index in [1.807, 2.05) is 12.1 Å². The largest absolute Gasteiger partial charge is 0.490 e. The first-order chi connectivity index (χ1) is 10.1. The molecule has 0 aliphatic carbocycles. The number of anilines is 1. The van der Waals surface area contributed by atoms with Gasteiger partial charge >= 0.3 is 0 Å². The van der Waals surface area contributed by atoms with Crippen LogP contribution in [0, 0.1) is 12.7 Å². The van der Waals surface area contributed by atoms with Crippen molar-refractivity contribution in [3.8, 4) is 5.75 Å². The van der Waals surface area contributed by atoms with Crippen molar-refractivity contribution in [2.24, 2.45) is 0 Å². The number of amides is 1. The van der Waals surface area contributed by atoms with Gasteiger partial charge in [0.25, 0.3) is 5.91 Å². The number of hydrogen-bond acceptors (Lipinski definition) is 3. The number of aryl methyl sites for hydroxylation is 1. The molecule has 0 unspecified atom stereocenters. The molecule has 0 aliphatic heterocycles. The SMILES string of the molecule is Cc1ccc(C(=O)NCCOc2ccccc2N)cc1F. The van der Waals surface area contributed by atoms with Crippen molar-refractivity contribution in [2.45, 2.75) is 6.92 Å². The van der Waals surface area contributed by atoms with E-state index in [2.05, 4.69) is 5.32 Å². The predicted molar refractivity (Wildman–Crippen MR) is 79.8 cm³/mol. The maximum Gasteiger partial charge on any atom is 0.251 e. The molecule has 0 aliphatic rings. The molecular weight excluding hydrogens is 271 g/mol. The van der Waals surface area contributed by atoms with Crippen LogP contribution in [-0.4, -0.2) is 19.1 Å². The molecule has 2 aromatic carbocycles. The Hall–Kier alpha value is -2.56. The minimum atomic E-state index is -0.393. The van der Waals surface area contributed by atoms with E-state index in [0.717, 1.165) is 0 Å². The van der Waals surface area contributed by atoms with Crippen LogP contribution in [-0.2, 0) is 0 Å². The van der Waals surface area contributed by atoms with E-state index < -0.39 is 5.82 Å². The van der Waals surface area contributed by atoms with Gasteiger partial charge in [-0.3, -0.25) is 4.79 Å². The van der Waals surface area contributed by atoms with Crippen molar-refractivity contribution in [2.75, 3.05) is 18.9 Å². The van der Waals surface area contributed by atoms with Gasteiger partial charge in [0, 0.05) is 5.56 Å². The Balaban J connectivity index is 1.82. The number of benzene rings is 2. The van der Waals surface area contributed by atoms with E-state index in [-0.39, 0.29) is 18.1 Å². The summed E-state index contributed by atoms with van der Waals surface area (Å²) in [5.41, 5.74) is 7.07. The monoisotopic (exact) mass is 288 g/mol. The van der Waals surface area contributed by atoms with Crippen molar-refractivity contribution < 1.29 is 13.9 Å². The third kappa shape index (κ3) is 3.95. The number of carbonyl (C=O) groups excluding carboxylic acids is 1. The van der Waals surface area contributed by atoms with Crippen LogP contribution in [0.3, 0.4) is 0 Å². The highest BCUT2D eigenvalue weighted by atomic mass is 19.1. The number of nitrogens with one attached hydrogen (secondary N) is 1. The van der Waals surface area contributed by atoms with Crippen molar-refractivity contribution in [1.82, 2.24) is 5.32 Å². The van der Waals surface area contributed by atoms with E-state index >= 15 is 0 Å². The fraction of sp³-hybridized carbons (Fsp3) is 0.188. The lowest BCUT2D eigenvalue weighted by atomic mass is 10.1. The molecule has 5 heteroatoms. The Morgan fingerprint density at radius 3 is 2.76 bits per heavy atom. The second kappa shape index (κ2) is 6.74. The summed E-state index contributed by atoms with van der Waals surface area (Å²) in [6, 6.07) is 11.5. The zero-order chi connectivity index (χ0) is 15.2. The molecule has 0 aromatic heterocycles. The van der Waals surface area contributed by atoms with Gasteiger partial charge in [0.05, 0.1) is 12.2 Å². The van der Waals surface area contributed by atoms with E-state index in [0.29, 0.717) is 23.5 Å². The van der Waals surface area contributed by atoms with Gasteiger partial charge in [-0.15, -0.1) is 0 Å². The molecule has 2 aromatic rings. The fourth-order valence-corrected chi connectivity index (χ4v) is 1.77. The molecule has 0 spiro atoms. The third-order valence-electron chi connectivity index (χ3n) is 3.00. The third-order valence-corrected chi connectivity index (χ3v) is 3.00. The van der Waals surface area contributed by atoms with Crippen molar-refractivity contribution in [3.63, 3.8) is 0 Å². The Morgan fingerprint density at radius 1 is 1.29 bits per heavy atom. The first kappa shape index (κ1) is 14.8. The Kier molecular flexibility index (Phi) is 4.77. The summed E-state index contributed by atoms with van der Waals surface area (Å²) in [5, 5.41) is 2.66. The molecule has 3 N–H and O–H groups in total. The molecule has 0 fully saturated rings. The van der Waals surface area contributed by atoms with E-state index in [1.54, 1.807) is 31.2 Å². The lowest BCUT2D eigenvalue weighted by Gasteiger charge is -2.09. The minimum Gasteiger partial charge on any atom is -0.490 e.